The molecule has 0 saturated heterocycles. The molecule has 0 saturated carbocycles. The number of fused-ring (bicyclic) bond motifs is 1. The number of rotatable bonds is 6. The average molecular weight is 376 g/mol. The minimum Gasteiger partial charge on any atom is -0.359 e. The summed E-state index contributed by atoms with van der Waals surface area (Å²) in [5, 5.41) is 7.15. The number of benzene rings is 1. The molecule has 0 atom stereocenters. The number of hydrogen-bond donors (Lipinski definition) is 2. The summed E-state index contributed by atoms with van der Waals surface area (Å²) >= 11 is 1.59. The second-order valence-corrected chi connectivity index (χ2v) is 7.39. The summed E-state index contributed by atoms with van der Waals surface area (Å²) in [7, 11) is 0. The number of H-pyrrole nitrogens is 1. The maximum absolute atomic E-state index is 12.2. The van der Waals surface area contributed by atoms with Crippen molar-refractivity contribution in [1.82, 2.24) is 20.3 Å². The van der Waals surface area contributed by atoms with Crippen LogP contribution in [0.3, 0.4) is 0 Å². The highest BCUT2D eigenvalue weighted by Gasteiger charge is 2.08. The molecule has 5 nitrogen and oxygen atoms in total. The zero-order valence-corrected chi connectivity index (χ0v) is 15.8. The van der Waals surface area contributed by atoms with Crippen LogP contribution in [0.25, 0.3) is 21.5 Å². The number of pyridine rings is 1. The van der Waals surface area contributed by atoms with Gasteiger partial charge in [0.05, 0.1) is 5.69 Å². The van der Waals surface area contributed by atoms with Gasteiger partial charge in [0.25, 0.3) is 0 Å². The molecule has 0 aliphatic heterocycles. The molecule has 0 bridgehead atoms. The predicted octanol–water partition coefficient (Wildman–Crippen LogP) is 4.24. The van der Waals surface area contributed by atoms with Crippen LogP contribution in [0.5, 0.6) is 0 Å². The first kappa shape index (κ1) is 17.4. The Morgan fingerprint density at radius 3 is 2.89 bits per heavy atom. The quantitative estimate of drug-likeness (QED) is 0.529. The van der Waals surface area contributed by atoms with E-state index in [0.717, 1.165) is 33.0 Å². The molecule has 0 unspecified atom stereocenters. The van der Waals surface area contributed by atoms with Crippen molar-refractivity contribution < 1.29 is 4.79 Å². The first-order chi connectivity index (χ1) is 13.2. The average Bonchev–Trinajstić information content (AvgIpc) is 3.30. The van der Waals surface area contributed by atoms with Gasteiger partial charge in [0.2, 0.25) is 5.91 Å². The molecule has 0 fully saturated rings. The van der Waals surface area contributed by atoms with Gasteiger partial charge in [-0.1, -0.05) is 6.07 Å². The number of aromatic nitrogens is 3. The molecule has 0 spiro atoms. The maximum Gasteiger partial charge on any atom is 0.220 e. The fourth-order valence-corrected chi connectivity index (χ4v) is 3.88. The predicted molar refractivity (Wildman–Crippen MR) is 109 cm³/mol. The number of nitrogens with one attached hydrogen (secondary N) is 2. The zero-order chi connectivity index (χ0) is 18.6. The lowest BCUT2D eigenvalue weighted by atomic mass is 10.1. The summed E-state index contributed by atoms with van der Waals surface area (Å²) < 4.78 is 0. The zero-order valence-electron chi connectivity index (χ0n) is 15.0. The standard InChI is InChI=1S/C21H20N4OS/c1-14-10-17-11-15(2-4-19(17)24-14)12-23-20(26)5-3-18-13-27-21(25-18)16-6-8-22-9-7-16/h2,4,6-11,13,24H,3,5,12H2,1H3,(H,23,26). The highest BCUT2D eigenvalue weighted by atomic mass is 32.1. The van der Waals surface area contributed by atoms with Gasteiger partial charge in [0.1, 0.15) is 5.01 Å². The molecule has 1 amide bonds. The summed E-state index contributed by atoms with van der Waals surface area (Å²) in [6, 6.07) is 12.2. The smallest absolute Gasteiger partial charge is 0.220 e. The van der Waals surface area contributed by atoms with Crippen LogP contribution in [0.1, 0.15) is 23.4 Å². The molecule has 0 aliphatic carbocycles. The van der Waals surface area contributed by atoms with Crippen LogP contribution in [0.15, 0.2) is 54.2 Å². The normalized spacial score (nSPS) is 11.0. The van der Waals surface area contributed by atoms with E-state index in [2.05, 4.69) is 38.5 Å². The molecule has 6 heteroatoms. The number of aryl methyl sites for hydroxylation is 2. The van der Waals surface area contributed by atoms with E-state index in [-0.39, 0.29) is 5.91 Å². The van der Waals surface area contributed by atoms with Crippen LogP contribution in [0.2, 0.25) is 0 Å². The third-order valence-electron chi connectivity index (χ3n) is 4.40. The Labute approximate surface area is 161 Å². The lowest BCUT2D eigenvalue weighted by Crippen LogP contribution is -2.23. The van der Waals surface area contributed by atoms with Crippen molar-refractivity contribution in [2.45, 2.75) is 26.3 Å². The van der Waals surface area contributed by atoms with Crippen LogP contribution >= 0.6 is 11.3 Å². The second kappa shape index (κ2) is 7.72. The molecular weight excluding hydrogens is 356 g/mol. The van der Waals surface area contributed by atoms with E-state index >= 15 is 0 Å². The van der Waals surface area contributed by atoms with E-state index < -0.39 is 0 Å². The lowest BCUT2D eigenvalue weighted by Gasteiger charge is -2.05. The Morgan fingerprint density at radius 1 is 1.19 bits per heavy atom. The number of hydrogen-bond acceptors (Lipinski definition) is 4. The Morgan fingerprint density at radius 2 is 2.04 bits per heavy atom. The molecule has 3 heterocycles. The minimum absolute atomic E-state index is 0.0406. The Bertz CT molecular complexity index is 1070. The van der Waals surface area contributed by atoms with Crippen LogP contribution in [0.4, 0.5) is 0 Å². The van der Waals surface area contributed by atoms with Crippen molar-refractivity contribution in [3.63, 3.8) is 0 Å². The second-order valence-electron chi connectivity index (χ2n) is 6.53. The van der Waals surface area contributed by atoms with Crippen molar-refractivity contribution >= 4 is 28.1 Å². The van der Waals surface area contributed by atoms with Crippen LogP contribution in [-0.4, -0.2) is 20.9 Å². The first-order valence-electron chi connectivity index (χ1n) is 8.87. The van der Waals surface area contributed by atoms with E-state index in [4.69, 9.17) is 0 Å². The molecule has 1 aromatic carbocycles. The van der Waals surface area contributed by atoms with Gasteiger partial charge in [-0.05, 0) is 54.6 Å². The maximum atomic E-state index is 12.2. The van der Waals surface area contributed by atoms with E-state index in [1.54, 1.807) is 23.7 Å². The van der Waals surface area contributed by atoms with Gasteiger partial charge in [-0.15, -0.1) is 11.3 Å². The first-order valence-corrected chi connectivity index (χ1v) is 9.75. The fraction of sp³-hybridized carbons (Fsp3) is 0.190. The minimum atomic E-state index is 0.0406. The molecule has 0 radical (unpaired) electrons. The SMILES string of the molecule is Cc1cc2cc(CNC(=O)CCc3csc(-c4ccncc4)n3)ccc2[nH]1. The molecule has 2 N–H and O–H groups in total. The summed E-state index contributed by atoms with van der Waals surface area (Å²) in [6.07, 6.45) is 4.60. The number of carbonyl (C=O) groups is 1. The van der Waals surface area contributed by atoms with Crippen LogP contribution in [0, 0.1) is 6.92 Å². The topological polar surface area (TPSA) is 70.7 Å². The van der Waals surface area contributed by atoms with Crippen molar-refractivity contribution in [3.8, 4) is 10.6 Å². The van der Waals surface area contributed by atoms with Crippen LogP contribution < -0.4 is 5.32 Å². The van der Waals surface area contributed by atoms with E-state index in [1.165, 1.54) is 5.39 Å². The molecule has 4 aromatic rings. The highest BCUT2D eigenvalue weighted by molar-refractivity contribution is 7.13. The van der Waals surface area contributed by atoms with Crippen molar-refractivity contribution in [2.75, 3.05) is 0 Å². The highest BCUT2D eigenvalue weighted by Crippen LogP contribution is 2.23. The van der Waals surface area contributed by atoms with Gasteiger partial charge in [-0.3, -0.25) is 9.78 Å². The Balaban J connectivity index is 1.30. The van der Waals surface area contributed by atoms with E-state index in [1.807, 2.05) is 30.5 Å². The molecule has 136 valence electrons. The van der Waals surface area contributed by atoms with Gasteiger partial charge in [-0.25, -0.2) is 4.98 Å². The monoisotopic (exact) mass is 376 g/mol. The Kier molecular flexibility index (Phi) is 4.98. The van der Waals surface area contributed by atoms with Crippen molar-refractivity contribution in [1.29, 1.82) is 0 Å². The van der Waals surface area contributed by atoms with Gasteiger partial charge >= 0.3 is 0 Å². The van der Waals surface area contributed by atoms with Gasteiger partial charge in [0.15, 0.2) is 0 Å². The molecular formula is C21H20N4OS. The summed E-state index contributed by atoms with van der Waals surface area (Å²) in [4.78, 5) is 24.1. The number of nitrogens with zero attached hydrogens (tertiary/aromatic N) is 2. The number of thiazole rings is 1. The summed E-state index contributed by atoms with van der Waals surface area (Å²) in [5.74, 6) is 0.0406. The fourth-order valence-electron chi connectivity index (χ4n) is 3.02. The molecule has 0 aliphatic rings. The summed E-state index contributed by atoms with van der Waals surface area (Å²) in [5.41, 5.74) is 5.37. The Hall–Kier alpha value is -2.99. The van der Waals surface area contributed by atoms with Gasteiger partial charge in [-0.2, -0.15) is 0 Å². The molecule has 27 heavy (non-hydrogen) atoms. The largest absolute Gasteiger partial charge is 0.359 e. The van der Waals surface area contributed by atoms with Gasteiger partial charge in [0, 0.05) is 47.5 Å². The van der Waals surface area contributed by atoms with Gasteiger partial charge < -0.3 is 10.3 Å². The number of aromatic amines is 1. The lowest BCUT2D eigenvalue weighted by molar-refractivity contribution is -0.121. The van der Waals surface area contributed by atoms with Crippen molar-refractivity contribution in [2.24, 2.45) is 0 Å². The van der Waals surface area contributed by atoms with E-state index in [9.17, 15) is 4.79 Å². The molecule has 3 aromatic heterocycles. The van der Waals surface area contributed by atoms with Crippen molar-refractivity contribution in [3.05, 3.63) is 71.1 Å². The number of amides is 1. The molecule has 4 rings (SSSR count). The third-order valence-corrected chi connectivity index (χ3v) is 5.34. The summed E-state index contributed by atoms with van der Waals surface area (Å²) in [6.45, 7) is 2.58. The van der Waals surface area contributed by atoms with Crippen LogP contribution in [-0.2, 0) is 17.8 Å². The third kappa shape index (κ3) is 4.23. The van der Waals surface area contributed by atoms with E-state index in [0.29, 0.717) is 19.4 Å². The number of carbonyl (C=O) groups excluding carboxylic acids is 1.